The van der Waals surface area contributed by atoms with Gasteiger partial charge in [0.05, 0.1) is 11.6 Å². The molecule has 3 rings (SSSR count). The first kappa shape index (κ1) is 14.9. The second-order valence-electron chi connectivity index (χ2n) is 5.43. The van der Waals surface area contributed by atoms with E-state index in [1.807, 2.05) is 59.5 Å². The Morgan fingerprint density at radius 3 is 2.22 bits per heavy atom. The van der Waals surface area contributed by atoms with E-state index >= 15 is 0 Å². The Morgan fingerprint density at radius 2 is 1.61 bits per heavy atom. The minimum Gasteiger partial charge on any atom is -0.368 e. The van der Waals surface area contributed by atoms with Crippen LogP contribution in [0, 0.1) is 11.3 Å². The summed E-state index contributed by atoms with van der Waals surface area (Å²) in [7, 11) is 0. The Labute approximate surface area is 135 Å². The molecule has 1 heterocycles. The van der Waals surface area contributed by atoms with E-state index in [9.17, 15) is 4.79 Å². The number of hydrogen-bond donors (Lipinski definition) is 1. The molecule has 0 radical (unpaired) electrons. The van der Waals surface area contributed by atoms with Crippen LogP contribution in [0.3, 0.4) is 0 Å². The van der Waals surface area contributed by atoms with Crippen LogP contribution in [0.1, 0.15) is 5.56 Å². The van der Waals surface area contributed by atoms with Crippen LogP contribution in [-0.4, -0.2) is 37.1 Å². The SMILES string of the molecule is N#Cc1ccc(N2CCN(C(=O)Nc3ccccc3)CC2)cc1. The quantitative estimate of drug-likeness (QED) is 0.928. The van der Waals surface area contributed by atoms with Crippen molar-refractivity contribution in [2.45, 2.75) is 0 Å². The fourth-order valence-electron chi connectivity index (χ4n) is 2.64. The molecule has 0 atom stereocenters. The van der Waals surface area contributed by atoms with Crippen LogP contribution in [0.15, 0.2) is 54.6 Å². The van der Waals surface area contributed by atoms with Crippen molar-refractivity contribution in [3.8, 4) is 6.07 Å². The summed E-state index contributed by atoms with van der Waals surface area (Å²) < 4.78 is 0. The van der Waals surface area contributed by atoms with Crippen LogP contribution in [0.4, 0.5) is 16.2 Å². The molecule has 2 aromatic rings. The summed E-state index contributed by atoms with van der Waals surface area (Å²) in [5, 5.41) is 11.8. The Bertz CT molecular complexity index is 698. The predicted molar refractivity (Wildman–Crippen MR) is 90.4 cm³/mol. The van der Waals surface area contributed by atoms with Gasteiger partial charge in [-0.2, -0.15) is 5.26 Å². The second kappa shape index (κ2) is 6.84. The first-order valence-corrected chi connectivity index (χ1v) is 7.62. The Morgan fingerprint density at radius 1 is 0.957 bits per heavy atom. The van der Waals surface area contributed by atoms with E-state index in [1.165, 1.54) is 0 Å². The van der Waals surface area contributed by atoms with Crippen molar-refractivity contribution in [3.63, 3.8) is 0 Å². The van der Waals surface area contributed by atoms with Crippen LogP contribution in [-0.2, 0) is 0 Å². The maximum atomic E-state index is 12.3. The highest BCUT2D eigenvalue weighted by atomic mass is 16.2. The number of para-hydroxylation sites is 1. The number of anilines is 2. The topological polar surface area (TPSA) is 59.4 Å². The van der Waals surface area contributed by atoms with E-state index < -0.39 is 0 Å². The van der Waals surface area contributed by atoms with Crippen molar-refractivity contribution in [1.82, 2.24) is 4.90 Å². The Kier molecular flexibility index (Phi) is 4.44. The summed E-state index contributed by atoms with van der Waals surface area (Å²) in [5.74, 6) is 0. The third-order valence-corrected chi connectivity index (χ3v) is 3.95. The van der Waals surface area contributed by atoms with E-state index in [1.54, 1.807) is 0 Å². The van der Waals surface area contributed by atoms with Gasteiger partial charge in [-0.1, -0.05) is 18.2 Å². The Hall–Kier alpha value is -3.00. The zero-order valence-electron chi connectivity index (χ0n) is 12.8. The number of nitrogens with zero attached hydrogens (tertiary/aromatic N) is 3. The molecule has 1 aliphatic heterocycles. The first-order chi connectivity index (χ1) is 11.3. The molecule has 1 aliphatic rings. The number of rotatable bonds is 2. The van der Waals surface area contributed by atoms with Crippen molar-refractivity contribution in [2.75, 3.05) is 36.4 Å². The van der Waals surface area contributed by atoms with Crippen LogP contribution in [0.2, 0.25) is 0 Å². The molecular formula is C18H18N4O. The molecule has 2 aromatic carbocycles. The fraction of sp³-hybridized carbons (Fsp3) is 0.222. The van der Waals surface area contributed by atoms with E-state index in [4.69, 9.17) is 5.26 Å². The number of benzene rings is 2. The number of nitriles is 1. The fourth-order valence-corrected chi connectivity index (χ4v) is 2.64. The third kappa shape index (κ3) is 3.61. The summed E-state index contributed by atoms with van der Waals surface area (Å²) >= 11 is 0. The minimum atomic E-state index is -0.0596. The van der Waals surface area contributed by atoms with Gasteiger partial charge in [0.1, 0.15) is 0 Å². The lowest BCUT2D eigenvalue weighted by atomic mass is 10.2. The number of carbonyl (C=O) groups excluding carboxylic acids is 1. The third-order valence-electron chi connectivity index (χ3n) is 3.95. The normalized spacial score (nSPS) is 14.2. The molecule has 23 heavy (non-hydrogen) atoms. The van der Waals surface area contributed by atoms with Gasteiger partial charge in [-0.05, 0) is 36.4 Å². The van der Waals surface area contributed by atoms with E-state index in [0.29, 0.717) is 18.7 Å². The first-order valence-electron chi connectivity index (χ1n) is 7.62. The summed E-state index contributed by atoms with van der Waals surface area (Å²) in [5.41, 5.74) is 2.56. The summed E-state index contributed by atoms with van der Waals surface area (Å²) in [4.78, 5) is 16.3. The summed E-state index contributed by atoms with van der Waals surface area (Å²) in [6.07, 6.45) is 0. The van der Waals surface area contributed by atoms with Gasteiger partial charge in [-0.15, -0.1) is 0 Å². The molecule has 2 amide bonds. The molecule has 116 valence electrons. The maximum absolute atomic E-state index is 12.3. The van der Waals surface area contributed by atoms with Gasteiger partial charge >= 0.3 is 6.03 Å². The van der Waals surface area contributed by atoms with Crippen LogP contribution < -0.4 is 10.2 Å². The van der Waals surface area contributed by atoms with Crippen molar-refractivity contribution in [3.05, 3.63) is 60.2 Å². The van der Waals surface area contributed by atoms with E-state index in [-0.39, 0.29) is 6.03 Å². The molecule has 1 N–H and O–H groups in total. The summed E-state index contributed by atoms with van der Waals surface area (Å²) in [6, 6.07) is 19.1. The average Bonchev–Trinajstić information content (AvgIpc) is 2.63. The molecule has 0 aliphatic carbocycles. The van der Waals surface area contributed by atoms with Gasteiger partial charge in [-0.3, -0.25) is 0 Å². The van der Waals surface area contributed by atoms with E-state index in [2.05, 4.69) is 16.3 Å². The lowest BCUT2D eigenvalue weighted by Gasteiger charge is -2.36. The van der Waals surface area contributed by atoms with Gasteiger partial charge in [0.15, 0.2) is 0 Å². The zero-order valence-corrected chi connectivity index (χ0v) is 12.8. The highest BCUT2D eigenvalue weighted by Crippen LogP contribution is 2.17. The van der Waals surface area contributed by atoms with Gasteiger partial charge in [0.25, 0.3) is 0 Å². The predicted octanol–water partition coefficient (Wildman–Crippen LogP) is 2.91. The maximum Gasteiger partial charge on any atom is 0.321 e. The number of piperazine rings is 1. The lowest BCUT2D eigenvalue weighted by molar-refractivity contribution is 0.208. The van der Waals surface area contributed by atoms with Gasteiger partial charge in [0, 0.05) is 37.6 Å². The number of amides is 2. The zero-order chi connectivity index (χ0) is 16.1. The van der Waals surface area contributed by atoms with Crippen LogP contribution in [0.5, 0.6) is 0 Å². The number of carbonyl (C=O) groups is 1. The van der Waals surface area contributed by atoms with Gasteiger partial charge in [0.2, 0.25) is 0 Å². The van der Waals surface area contributed by atoms with Crippen LogP contribution >= 0.6 is 0 Å². The monoisotopic (exact) mass is 306 g/mol. The largest absolute Gasteiger partial charge is 0.368 e. The minimum absolute atomic E-state index is 0.0596. The highest BCUT2D eigenvalue weighted by molar-refractivity contribution is 5.89. The van der Waals surface area contributed by atoms with Crippen molar-refractivity contribution >= 4 is 17.4 Å². The molecule has 1 saturated heterocycles. The molecule has 0 saturated carbocycles. The second-order valence-corrected chi connectivity index (χ2v) is 5.43. The standard InChI is InChI=1S/C18H18N4O/c19-14-15-6-8-17(9-7-15)21-10-12-22(13-11-21)18(23)20-16-4-2-1-3-5-16/h1-9H,10-13H2,(H,20,23). The average molecular weight is 306 g/mol. The smallest absolute Gasteiger partial charge is 0.321 e. The van der Waals surface area contributed by atoms with Crippen LogP contribution in [0.25, 0.3) is 0 Å². The van der Waals surface area contributed by atoms with Gasteiger partial charge < -0.3 is 15.1 Å². The number of hydrogen-bond acceptors (Lipinski definition) is 3. The molecule has 1 fully saturated rings. The summed E-state index contributed by atoms with van der Waals surface area (Å²) in [6.45, 7) is 2.93. The van der Waals surface area contributed by atoms with Crippen molar-refractivity contribution in [2.24, 2.45) is 0 Å². The molecule has 0 aromatic heterocycles. The number of nitrogens with one attached hydrogen (secondary N) is 1. The molecule has 0 bridgehead atoms. The molecule has 5 heteroatoms. The number of urea groups is 1. The van der Waals surface area contributed by atoms with Crippen molar-refractivity contribution in [1.29, 1.82) is 5.26 Å². The molecule has 5 nitrogen and oxygen atoms in total. The van der Waals surface area contributed by atoms with E-state index in [0.717, 1.165) is 24.5 Å². The van der Waals surface area contributed by atoms with Crippen molar-refractivity contribution < 1.29 is 4.79 Å². The highest BCUT2D eigenvalue weighted by Gasteiger charge is 2.21. The Balaban J connectivity index is 1.55. The van der Waals surface area contributed by atoms with Gasteiger partial charge in [-0.25, -0.2) is 4.79 Å². The molecular weight excluding hydrogens is 288 g/mol. The lowest BCUT2D eigenvalue weighted by Crippen LogP contribution is -2.50. The molecule has 0 unspecified atom stereocenters. The molecule has 0 spiro atoms.